The molecule has 2 aromatic rings. The van der Waals surface area contributed by atoms with Crippen LogP contribution in [0, 0.1) is 0 Å². The first-order valence-corrected chi connectivity index (χ1v) is 6.35. The molecular formula is C14H17N3O4. The normalized spacial score (nSPS) is 11.2. The largest absolute Gasteiger partial charge is 0.465 e. The summed E-state index contributed by atoms with van der Waals surface area (Å²) < 4.78 is 9.90. The molecule has 1 aromatic heterocycles. The third kappa shape index (κ3) is 3.50. The minimum absolute atomic E-state index is 0.222. The van der Waals surface area contributed by atoms with E-state index in [0.717, 1.165) is 5.39 Å². The Morgan fingerprint density at radius 1 is 1.29 bits per heavy atom. The zero-order valence-electron chi connectivity index (χ0n) is 12.3. The Morgan fingerprint density at radius 2 is 2.00 bits per heavy atom. The van der Waals surface area contributed by atoms with Crippen molar-refractivity contribution in [2.24, 2.45) is 0 Å². The van der Waals surface area contributed by atoms with Gasteiger partial charge in [-0.25, -0.2) is 9.59 Å². The number of hydrogen-bond donors (Lipinski definition) is 2. The number of rotatable bonds is 2. The van der Waals surface area contributed by atoms with Gasteiger partial charge in [0.05, 0.1) is 30.1 Å². The number of hydrogen-bond acceptors (Lipinski definition) is 5. The molecule has 0 aliphatic heterocycles. The lowest BCUT2D eigenvalue weighted by Gasteiger charge is -2.20. The lowest BCUT2D eigenvalue weighted by molar-refractivity contribution is 0.0602. The van der Waals surface area contributed by atoms with Gasteiger partial charge in [0, 0.05) is 5.39 Å². The molecule has 0 fully saturated rings. The SMILES string of the molecule is COC(=O)c1cc2[nH]ncc2cc1NC(=O)OC(C)(C)C. The summed E-state index contributed by atoms with van der Waals surface area (Å²) in [4.78, 5) is 23.7. The van der Waals surface area contributed by atoms with E-state index in [-0.39, 0.29) is 5.56 Å². The van der Waals surface area contributed by atoms with E-state index in [1.54, 1.807) is 39.1 Å². The fourth-order valence-electron chi connectivity index (χ4n) is 1.79. The molecule has 0 saturated carbocycles. The van der Waals surface area contributed by atoms with Crippen molar-refractivity contribution in [3.63, 3.8) is 0 Å². The van der Waals surface area contributed by atoms with Crippen LogP contribution in [-0.2, 0) is 9.47 Å². The number of nitrogens with zero attached hydrogens (tertiary/aromatic N) is 1. The van der Waals surface area contributed by atoms with Crippen molar-refractivity contribution in [1.29, 1.82) is 0 Å². The number of ether oxygens (including phenoxy) is 2. The summed E-state index contributed by atoms with van der Waals surface area (Å²) in [5, 5.41) is 9.96. The second-order valence-electron chi connectivity index (χ2n) is 5.47. The van der Waals surface area contributed by atoms with E-state index in [0.29, 0.717) is 11.2 Å². The minimum Gasteiger partial charge on any atom is -0.465 e. The summed E-state index contributed by atoms with van der Waals surface area (Å²) in [6.45, 7) is 5.27. The van der Waals surface area contributed by atoms with Crippen LogP contribution in [0.5, 0.6) is 0 Å². The van der Waals surface area contributed by atoms with E-state index in [2.05, 4.69) is 15.5 Å². The molecule has 0 atom stereocenters. The number of carbonyl (C=O) groups is 2. The van der Waals surface area contributed by atoms with Gasteiger partial charge in [0.2, 0.25) is 0 Å². The quantitative estimate of drug-likeness (QED) is 0.830. The molecule has 2 rings (SSSR count). The van der Waals surface area contributed by atoms with Gasteiger partial charge in [0.25, 0.3) is 0 Å². The number of nitrogens with one attached hydrogen (secondary N) is 2. The maximum absolute atomic E-state index is 11.9. The Balaban J connectivity index is 2.36. The molecule has 1 heterocycles. The summed E-state index contributed by atoms with van der Waals surface area (Å²) in [6, 6.07) is 3.20. The second kappa shape index (κ2) is 5.43. The van der Waals surface area contributed by atoms with Gasteiger partial charge in [-0.1, -0.05) is 0 Å². The zero-order chi connectivity index (χ0) is 15.6. The number of aromatic nitrogens is 2. The molecule has 0 aliphatic rings. The number of carbonyl (C=O) groups excluding carboxylic acids is 2. The molecule has 2 N–H and O–H groups in total. The van der Waals surface area contributed by atoms with E-state index < -0.39 is 17.7 Å². The lowest BCUT2D eigenvalue weighted by atomic mass is 10.1. The van der Waals surface area contributed by atoms with Crippen molar-refractivity contribution in [2.75, 3.05) is 12.4 Å². The van der Waals surface area contributed by atoms with E-state index >= 15 is 0 Å². The van der Waals surface area contributed by atoms with Crippen LogP contribution >= 0.6 is 0 Å². The second-order valence-corrected chi connectivity index (χ2v) is 5.47. The number of aromatic amines is 1. The van der Waals surface area contributed by atoms with Crippen molar-refractivity contribution >= 4 is 28.7 Å². The van der Waals surface area contributed by atoms with Crippen LogP contribution in [0.3, 0.4) is 0 Å². The number of H-pyrrole nitrogens is 1. The summed E-state index contributed by atoms with van der Waals surface area (Å²) in [6.07, 6.45) is 0.951. The zero-order valence-corrected chi connectivity index (χ0v) is 12.3. The van der Waals surface area contributed by atoms with E-state index in [1.807, 2.05) is 0 Å². The number of anilines is 1. The first-order chi connectivity index (χ1) is 9.80. The highest BCUT2D eigenvalue weighted by Crippen LogP contribution is 2.24. The van der Waals surface area contributed by atoms with Crippen LogP contribution in [-0.4, -0.2) is 35.0 Å². The van der Waals surface area contributed by atoms with Crippen LogP contribution in [0.4, 0.5) is 10.5 Å². The predicted octanol–water partition coefficient (Wildman–Crippen LogP) is 2.70. The molecule has 7 nitrogen and oxygen atoms in total. The van der Waals surface area contributed by atoms with Gasteiger partial charge in [0.15, 0.2) is 0 Å². The van der Waals surface area contributed by atoms with Gasteiger partial charge >= 0.3 is 12.1 Å². The van der Waals surface area contributed by atoms with Gasteiger partial charge in [-0.05, 0) is 32.9 Å². The Labute approximate surface area is 121 Å². The van der Waals surface area contributed by atoms with Crippen LogP contribution in [0.2, 0.25) is 0 Å². The van der Waals surface area contributed by atoms with Crippen LogP contribution in [0.25, 0.3) is 10.9 Å². The first-order valence-electron chi connectivity index (χ1n) is 6.35. The maximum Gasteiger partial charge on any atom is 0.412 e. The van der Waals surface area contributed by atoms with Crippen LogP contribution < -0.4 is 5.32 Å². The molecule has 0 bridgehead atoms. The Bertz CT molecular complexity index is 685. The molecular weight excluding hydrogens is 274 g/mol. The van der Waals surface area contributed by atoms with Crippen LogP contribution in [0.15, 0.2) is 18.3 Å². The number of methoxy groups -OCH3 is 1. The van der Waals surface area contributed by atoms with Gasteiger partial charge in [-0.3, -0.25) is 10.4 Å². The predicted molar refractivity (Wildman–Crippen MR) is 77.3 cm³/mol. The molecule has 1 aromatic carbocycles. The summed E-state index contributed by atoms with van der Waals surface area (Å²) in [5.74, 6) is -0.558. The number of esters is 1. The molecule has 0 aliphatic carbocycles. The number of fused-ring (bicyclic) bond motifs is 1. The van der Waals surface area contributed by atoms with Crippen molar-refractivity contribution in [2.45, 2.75) is 26.4 Å². The van der Waals surface area contributed by atoms with Crippen molar-refractivity contribution in [3.05, 3.63) is 23.9 Å². The molecule has 21 heavy (non-hydrogen) atoms. The van der Waals surface area contributed by atoms with E-state index in [9.17, 15) is 9.59 Å². The van der Waals surface area contributed by atoms with Crippen molar-refractivity contribution < 1.29 is 19.1 Å². The average Bonchev–Trinajstić information content (AvgIpc) is 2.81. The number of amides is 1. The Morgan fingerprint density at radius 3 is 2.62 bits per heavy atom. The molecule has 7 heteroatoms. The third-order valence-corrected chi connectivity index (χ3v) is 2.62. The smallest absolute Gasteiger partial charge is 0.412 e. The van der Waals surface area contributed by atoms with Gasteiger partial charge in [0.1, 0.15) is 5.60 Å². The van der Waals surface area contributed by atoms with Gasteiger partial charge in [-0.2, -0.15) is 5.10 Å². The lowest BCUT2D eigenvalue weighted by Crippen LogP contribution is -2.27. The minimum atomic E-state index is -0.643. The number of benzene rings is 1. The topological polar surface area (TPSA) is 93.3 Å². The molecule has 112 valence electrons. The Hall–Kier alpha value is -2.57. The molecule has 0 unspecified atom stereocenters. The summed E-state index contributed by atoms with van der Waals surface area (Å²) in [5.41, 5.74) is 0.574. The van der Waals surface area contributed by atoms with Gasteiger partial charge in [-0.15, -0.1) is 0 Å². The molecule has 0 saturated heterocycles. The standard InChI is InChI=1S/C14H17N3O4/c1-14(2,3)21-13(19)16-11-5-8-7-15-17-10(8)6-9(11)12(18)20-4/h5-7H,1-4H3,(H,15,17)(H,16,19). The van der Waals surface area contributed by atoms with Crippen molar-refractivity contribution in [3.8, 4) is 0 Å². The summed E-state index contributed by atoms with van der Waals surface area (Å²) in [7, 11) is 1.27. The van der Waals surface area contributed by atoms with Crippen molar-refractivity contribution in [1.82, 2.24) is 10.2 Å². The average molecular weight is 291 g/mol. The fraction of sp³-hybridized carbons (Fsp3) is 0.357. The fourth-order valence-corrected chi connectivity index (χ4v) is 1.79. The summed E-state index contributed by atoms with van der Waals surface area (Å²) >= 11 is 0. The highest BCUT2D eigenvalue weighted by Gasteiger charge is 2.20. The Kier molecular flexibility index (Phi) is 3.84. The molecule has 0 radical (unpaired) electrons. The molecule has 1 amide bonds. The highest BCUT2D eigenvalue weighted by atomic mass is 16.6. The molecule has 0 spiro atoms. The van der Waals surface area contributed by atoms with E-state index in [1.165, 1.54) is 7.11 Å². The monoisotopic (exact) mass is 291 g/mol. The maximum atomic E-state index is 11.9. The van der Waals surface area contributed by atoms with Gasteiger partial charge < -0.3 is 9.47 Å². The van der Waals surface area contributed by atoms with E-state index in [4.69, 9.17) is 9.47 Å². The van der Waals surface area contributed by atoms with Crippen LogP contribution in [0.1, 0.15) is 31.1 Å². The highest BCUT2D eigenvalue weighted by molar-refractivity contribution is 6.04. The third-order valence-electron chi connectivity index (χ3n) is 2.62. The first kappa shape index (κ1) is 14.8.